The third kappa shape index (κ3) is 9.15. The summed E-state index contributed by atoms with van der Waals surface area (Å²) in [6, 6.07) is 21.4. The van der Waals surface area contributed by atoms with E-state index in [0.29, 0.717) is 41.3 Å². The standard InChI is InChI=1S/C46H59ClN4O6S/c1-33-9-8-19-46(55-2,32-49-21-22-50-23-24-56-31-40(50)29-49)41-17-14-37(41)28-51-20-7-6-12-35-26-39(47)16-13-38(35)30-57-43-18-15-36(27-42(43)51)45(52)48-58(53,54)44(33)25-34-10-4-3-5-11-34/h3-5,8,10-11,13,15-16,18-19,26-27,33,37,40-41,44H,6-7,9,12,14,17,20-25,28-32H2,1-2H3,(H,48,52)/b19-8+/t33-,37-,40-,41+,44-,46+/m0/s1. The molecule has 0 aromatic heterocycles. The molecule has 8 rings (SSSR count). The highest BCUT2D eigenvalue weighted by Crippen LogP contribution is 2.47. The third-order valence-electron chi connectivity index (χ3n) is 13.6. The van der Waals surface area contributed by atoms with Gasteiger partial charge in [0.05, 0.1) is 24.2 Å². The van der Waals surface area contributed by atoms with E-state index >= 15 is 0 Å². The van der Waals surface area contributed by atoms with Gasteiger partial charge in [-0.3, -0.25) is 14.6 Å². The molecule has 4 heterocycles. The van der Waals surface area contributed by atoms with Crippen LogP contribution in [-0.4, -0.2) is 107 Å². The van der Waals surface area contributed by atoms with Crippen LogP contribution < -0.4 is 14.4 Å². The van der Waals surface area contributed by atoms with Crippen molar-refractivity contribution in [2.45, 2.75) is 75.4 Å². The molecule has 1 amide bonds. The predicted molar refractivity (Wildman–Crippen MR) is 229 cm³/mol. The van der Waals surface area contributed by atoms with Crippen LogP contribution in [0, 0.1) is 17.8 Å². The molecule has 4 aliphatic heterocycles. The van der Waals surface area contributed by atoms with E-state index in [4.69, 9.17) is 25.8 Å². The van der Waals surface area contributed by atoms with Crippen molar-refractivity contribution in [3.05, 3.63) is 106 Å². The molecule has 3 aromatic rings. The molecule has 1 aliphatic carbocycles. The zero-order chi connectivity index (χ0) is 40.3. The maximum atomic E-state index is 14.4. The van der Waals surface area contributed by atoms with Crippen molar-refractivity contribution in [2.24, 2.45) is 17.8 Å². The van der Waals surface area contributed by atoms with Crippen molar-refractivity contribution in [1.29, 1.82) is 0 Å². The average molecular weight is 832 g/mol. The number of carbonyl (C=O) groups is 1. The largest absolute Gasteiger partial charge is 0.487 e. The molecule has 10 nitrogen and oxygen atoms in total. The molecule has 6 atom stereocenters. The Bertz CT molecular complexity index is 2050. The monoisotopic (exact) mass is 830 g/mol. The molecule has 2 saturated heterocycles. The van der Waals surface area contributed by atoms with Gasteiger partial charge in [-0.2, -0.15) is 0 Å². The quantitative estimate of drug-likeness (QED) is 0.280. The molecule has 2 bridgehead atoms. The molecule has 1 saturated carbocycles. The first-order valence-corrected chi connectivity index (χ1v) is 23.2. The Morgan fingerprint density at radius 2 is 1.83 bits per heavy atom. The van der Waals surface area contributed by atoms with Gasteiger partial charge in [-0.25, -0.2) is 13.1 Å². The van der Waals surface area contributed by atoms with Gasteiger partial charge in [0.2, 0.25) is 10.0 Å². The number of methoxy groups -OCH3 is 1. The number of nitrogens with one attached hydrogen (secondary N) is 1. The van der Waals surface area contributed by atoms with Gasteiger partial charge < -0.3 is 19.1 Å². The summed E-state index contributed by atoms with van der Waals surface area (Å²) in [6.45, 7) is 10.0. The van der Waals surface area contributed by atoms with Crippen LogP contribution in [0.1, 0.15) is 66.1 Å². The molecule has 0 radical (unpaired) electrons. The number of rotatable bonds is 5. The van der Waals surface area contributed by atoms with Gasteiger partial charge in [0.1, 0.15) is 18.0 Å². The zero-order valence-corrected chi connectivity index (χ0v) is 35.6. The van der Waals surface area contributed by atoms with Crippen LogP contribution in [-0.2, 0) is 38.9 Å². The summed E-state index contributed by atoms with van der Waals surface area (Å²) in [5, 5.41) is -0.135. The van der Waals surface area contributed by atoms with Gasteiger partial charge >= 0.3 is 0 Å². The number of halogens is 1. The molecule has 12 heteroatoms. The summed E-state index contributed by atoms with van der Waals surface area (Å²) in [5.74, 6) is 0.306. The molecular formula is C46H59ClN4O6S. The first-order chi connectivity index (χ1) is 28.1. The van der Waals surface area contributed by atoms with Gasteiger partial charge in [0.15, 0.2) is 0 Å². The fourth-order valence-electron chi connectivity index (χ4n) is 10.0. The lowest BCUT2D eigenvalue weighted by atomic mass is 9.63. The number of morpholine rings is 1. The Morgan fingerprint density at radius 1 is 0.966 bits per heavy atom. The molecule has 3 fully saturated rings. The second-order valence-corrected chi connectivity index (χ2v) is 19.5. The van der Waals surface area contributed by atoms with E-state index in [1.54, 1.807) is 6.07 Å². The van der Waals surface area contributed by atoms with Crippen LogP contribution in [0.3, 0.4) is 0 Å². The maximum Gasteiger partial charge on any atom is 0.264 e. The van der Waals surface area contributed by atoms with Crippen molar-refractivity contribution in [2.75, 3.05) is 71.0 Å². The minimum Gasteiger partial charge on any atom is -0.487 e. The summed E-state index contributed by atoms with van der Waals surface area (Å²) in [5.41, 5.74) is 3.70. The van der Waals surface area contributed by atoms with E-state index in [-0.39, 0.29) is 18.3 Å². The summed E-state index contributed by atoms with van der Waals surface area (Å²) < 4.78 is 50.6. The van der Waals surface area contributed by atoms with Gasteiger partial charge in [-0.05, 0) is 110 Å². The number of benzene rings is 3. The smallest absolute Gasteiger partial charge is 0.264 e. The zero-order valence-electron chi connectivity index (χ0n) is 34.0. The second kappa shape index (κ2) is 18.0. The second-order valence-electron chi connectivity index (χ2n) is 17.2. The molecule has 5 aliphatic rings. The number of piperazine rings is 1. The molecule has 0 unspecified atom stereocenters. The molecule has 1 N–H and O–H groups in total. The van der Waals surface area contributed by atoms with Crippen LogP contribution >= 0.6 is 11.6 Å². The fraction of sp³-hybridized carbons (Fsp3) is 0.543. The van der Waals surface area contributed by atoms with Crippen LogP contribution in [0.4, 0.5) is 5.69 Å². The first kappa shape index (κ1) is 41.3. The predicted octanol–water partition coefficient (Wildman–Crippen LogP) is 6.76. The number of nitrogens with zero attached hydrogens (tertiary/aromatic N) is 3. The minimum absolute atomic E-state index is 0.238. The maximum absolute atomic E-state index is 14.4. The van der Waals surface area contributed by atoms with E-state index in [0.717, 1.165) is 108 Å². The van der Waals surface area contributed by atoms with Gasteiger partial charge in [-0.1, -0.05) is 67.1 Å². The van der Waals surface area contributed by atoms with Crippen LogP contribution in [0.15, 0.2) is 78.9 Å². The Labute approximate surface area is 349 Å². The number of anilines is 1. The van der Waals surface area contributed by atoms with Crippen LogP contribution in [0.5, 0.6) is 5.75 Å². The topological polar surface area (TPSA) is 101 Å². The van der Waals surface area contributed by atoms with E-state index in [1.165, 1.54) is 5.56 Å². The number of hydrogen-bond acceptors (Lipinski definition) is 9. The summed E-state index contributed by atoms with van der Waals surface area (Å²) in [7, 11) is -2.26. The van der Waals surface area contributed by atoms with Crippen molar-refractivity contribution in [3.63, 3.8) is 0 Å². The Hall–Kier alpha value is -3.45. The molecular weight excluding hydrogens is 772 g/mol. The fourth-order valence-corrected chi connectivity index (χ4v) is 11.9. The van der Waals surface area contributed by atoms with Crippen molar-refractivity contribution in [3.8, 4) is 5.75 Å². The van der Waals surface area contributed by atoms with Gasteiger partial charge in [-0.15, -0.1) is 0 Å². The molecule has 312 valence electrons. The lowest BCUT2D eigenvalue weighted by Crippen LogP contribution is -2.62. The van der Waals surface area contributed by atoms with Crippen molar-refractivity contribution < 1.29 is 27.4 Å². The minimum atomic E-state index is -4.12. The van der Waals surface area contributed by atoms with E-state index in [2.05, 4.69) is 31.6 Å². The molecule has 58 heavy (non-hydrogen) atoms. The highest BCUT2D eigenvalue weighted by molar-refractivity contribution is 7.90. The van der Waals surface area contributed by atoms with Crippen LogP contribution in [0.25, 0.3) is 0 Å². The first-order valence-electron chi connectivity index (χ1n) is 21.3. The van der Waals surface area contributed by atoms with Gasteiger partial charge in [0, 0.05) is 69.6 Å². The normalized spacial score (nSPS) is 30.2. The Balaban J connectivity index is 1.18. The molecule has 3 aromatic carbocycles. The SMILES string of the molecule is CO[C@@]1(CN2CCN3CCOC[C@@H]3C2)/C=C/C[C@H](C)[C@H](Cc2ccccc2)S(=O)(=O)NC(=O)c2ccc3c(c2)N(CCCCc2cc(Cl)ccc2CO3)C[C@@H]2CC[C@H]21. The van der Waals surface area contributed by atoms with Crippen molar-refractivity contribution in [1.82, 2.24) is 14.5 Å². The van der Waals surface area contributed by atoms with Crippen molar-refractivity contribution >= 4 is 33.2 Å². The highest BCUT2D eigenvalue weighted by Gasteiger charge is 2.49. The van der Waals surface area contributed by atoms with E-state index < -0.39 is 26.8 Å². The summed E-state index contributed by atoms with van der Waals surface area (Å²) in [4.78, 5) is 21.6. The Morgan fingerprint density at radius 3 is 2.64 bits per heavy atom. The Kier molecular flexibility index (Phi) is 12.8. The number of aryl methyl sites for hydroxylation is 1. The number of sulfonamides is 1. The summed E-state index contributed by atoms with van der Waals surface area (Å²) >= 11 is 6.45. The average Bonchev–Trinajstić information content (AvgIpc) is 3.24. The third-order valence-corrected chi connectivity index (χ3v) is 15.7. The van der Waals surface area contributed by atoms with E-state index in [9.17, 15) is 13.2 Å². The number of allylic oxidation sites excluding steroid dienone is 1. The number of hydrogen-bond donors (Lipinski definition) is 1. The number of ether oxygens (including phenoxy) is 3. The number of fused-ring (bicyclic) bond motifs is 4. The lowest BCUT2D eigenvalue weighted by molar-refractivity contribution is -0.108. The van der Waals surface area contributed by atoms with Gasteiger partial charge in [0.25, 0.3) is 5.91 Å². The summed E-state index contributed by atoms with van der Waals surface area (Å²) in [6.07, 6.45) is 10.1. The molecule has 0 spiro atoms. The number of amides is 1. The van der Waals surface area contributed by atoms with E-state index in [1.807, 2.05) is 74.7 Å². The van der Waals surface area contributed by atoms with Crippen LogP contribution in [0.2, 0.25) is 5.02 Å². The number of carbonyl (C=O) groups excluding carboxylic acids is 1. The highest BCUT2D eigenvalue weighted by atomic mass is 35.5. The lowest BCUT2D eigenvalue weighted by Gasteiger charge is -2.53.